The number of carbonyl (C=O) groups is 1. The first-order valence-corrected chi connectivity index (χ1v) is 9.59. The zero-order valence-corrected chi connectivity index (χ0v) is 15.0. The standard InChI is InChI=1S/C13H20N5O8P/c14-13-16-11-10(12(22)17-13)15-7-18(11)4-8(5-19)25-2-1-3-26-27(23,24)6-9(20)21/h7-8,19H,1-6H2,(H,20,21)(H,23,24)(H3,14,16,17,22)/t8-/m0/s1. The van der Waals surface area contributed by atoms with Crippen molar-refractivity contribution in [1.82, 2.24) is 19.5 Å². The minimum atomic E-state index is -4.17. The summed E-state index contributed by atoms with van der Waals surface area (Å²) in [5.74, 6) is -1.50. The van der Waals surface area contributed by atoms with Crippen molar-refractivity contribution in [3.63, 3.8) is 0 Å². The van der Waals surface area contributed by atoms with E-state index in [1.54, 1.807) is 0 Å². The normalized spacial score (nSPS) is 14.9. The van der Waals surface area contributed by atoms with E-state index in [-0.39, 0.29) is 49.9 Å². The first kappa shape index (κ1) is 21.0. The second-order valence-corrected chi connectivity index (χ2v) is 7.42. The van der Waals surface area contributed by atoms with Gasteiger partial charge in [-0.3, -0.25) is 19.1 Å². The molecule has 0 fully saturated rings. The van der Waals surface area contributed by atoms with E-state index in [9.17, 15) is 24.2 Å². The molecule has 0 saturated heterocycles. The van der Waals surface area contributed by atoms with Crippen molar-refractivity contribution in [2.75, 3.05) is 31.7 Å². The number of ether oxygens (including phenoxy) is 1. The molecular formula is C13H20N5O8P. The molecule has 14 heteroatoms. The quantitative estimate of drug-likeness (QED) is 0.221. The number of nitrogens with one attached hydrogen (secondary N) is 1. The molecule has 0 aliphatic heterocycles. The Morgan fingerprint density at radius 3 is 2.85 bits per heavy atom. The number of hydrogen-bond donors (Lipinski definition) is 5. The number of carboxylic acid groups (broad SMARTS) is 1. The van der Waals surface area contributed by atoms with Crippen LogP contribution >= 0.6 is 7.60 Å². The van der Waals surface area contributed by atoms with Crippen LogP contribution < -0.4 is 11.3 Å². The predicted octanol–water partition coefficient (Wildman–Crippen LogP) is -1.24. The SMILES string of the molecule is Nc1nc2c(ncn2C[C@@H](CO)OCCCOP(=O)(O)CC(=O)O)c(=O)[nH]1. The summed E-state index contributed by atoms with van der Waals surface area (Å²) in [5.41, 5.74) is 5.38. The topological polar surface area (TPSA) is 203 Å². The number of nitrogens with zero attached hydrogens (tertiary/aromatic N) is 3. The van der Waals surface area contributed by atoms with Gasteiger partial charge in [-0.15, -0.1) is 0 Å². The number of imidazole rings is 1. The zero-order chi connectivity index (χ0) is 20.0. The maximum Gasteiger partial charge on any atom is 0.339 e. The largest absolute Gasteiger partial charge is 0.481 e. The predicted molar refractivity (Wildman–Crippen MR) is 92.3 cm³/mol. The number of anilines is 1. The van der Waals surface area contributed by atoms with Gasteiger partial charge >= 0.3 is 13.6 Å². The molecule has 0 aliphatic rings. The van der Waals surface area contributed by atoms with Crippen LogP contribution in [0.1, 0.15) is 6.42 Å². The molecule has 6 N–H and O–H groups in total. The molecule has 2 rings (SSSR count). The number of fused-ring (bicyclic) bond motifs is 1. The van der Waals surface area contributed by atoms with Crippen LogP contribution in [0.15, 0.2) is 11.1 Å². The number of nitrogens with two attached hydrogens (primary N) is 1. The lowest BCUT2D eigenvalue weighted by Gasteiger charge is -2.16. The minimum absolute atomic E-state index is 0.0670. The first-order valence-electron chi connectivity index (χ1n) is 7.83. The highest BCUT2D eigenvalue weighted by Crippen LogP contribution is 2.41. The van der Waals surface area contributed by atoms with Gasteiger partial charge in [-0.1, -0.05) is 0 Å². The third-order valence-corrected chi connectivity index (χ3v) is 4.62. The fourth-order valence-corrected chi connectivity index (χ4v) is 3.07. The number of H-pyrrole nitrogens is 1. The summed E-state index contributed by atoms with van der Waals surface area (Å²) in [6.45, 7) is -0.292. The zero-order valence-electron chi connectivity index (χ0n) is 14.1. The number of aromatic amines is 1. The number of hydrogen-bond acceptors (Lipinski definition) is 9. The smallest absolute Gasteiger partial charge is 0.339 e. The van der Waals surface area contributed by atoms with Crippen molar-refractivity contribution in [2.45, 2.75) is 19.1 Å². The van der Waals surface area contributed by atoms with Crippen LogP contribution in [0.25, 0.3) is 11.2 Å². The molecule has 0 radical (unpaired) electrons. The fraction of sp³-hybridized carbons (Fsp3) is 0.538. The fourth-order valence-electron chi connectivity index (χ4n) is 2.22. The number of aromatic nitrogens is 4. The molecule has 0 saturated carbocycles. The second-order valence-electron chi connectivity index (χ2n) is 5.57. The number of nitrogen functional groups attached to an aromatic ring is 1. The maximum absolute atomic E-state index is 11.7. The van der Waals surface area contributed by atoms with Crippen LogP contribution in [0.2, 0.25) is 0 Å². The second kappa shape index (κ2) is 9.06. The summed E-state index contributed by atoms with van der Waals surface area (Å²) in [6.07, 6.45) is -0.0634. The molecule has 1 unspecified atom stereocenters. The van der Waals surface area contributed by atoms with Crippen molar-refractivity contribution in [1.29, 1.82) is 0 Å². The molecule has 0 bridgehead atoms. The van der Waals surface area contributed by atoms with E-state index in [4.69, 9.17) is 15.6 Å². The van der Waals surface area contributed by atoms with E-state index in [0.29, 0.717) is 0 Å². The van der Waals surface area contributed by atoms with Gasteiger partial charge in [0.05, 0.1) is 32.2 Å². The number of carboxylic acids is 1. The van der Waals surface area contributed by atoms with E-state index in [1.807, 2.05) is 0 Å². The van der Waals surface area contributed by atoms with Gasteiger partial charge in [-0.2, -0.15) is 4.98 Å². The minimum Gasteiger partial charge on any atom is -0.481 e. The molecule has 0 aromatic carbocycles. The summed E-state index contributed by atoms with van der Waals surface area (Å²) >= 11 is 0. The van der Waals surface area contributed by atoms with Crippen molar-refractivity contribution in [2.24, 2.45) is 0 Å². The van der Waals surface area contributed by atoms with Crippen LogP contribution in [0.3, 0.4) is 0 Å². The molecule has 0 aliphatic carbocycles. The molecule has 2 aromatic heterocycles. The summed E-state index contributed by atoms with van der Waals surface area (Å²) in [4.78, 5) is 41.7. The molecule has 0 amide bonds. The van der Waals surface area contributed by atoms with Gasteiger partial charge in [0, 0.05) is 6.61 Å². The van der Waals surface area contributed by atoms with Crippen LogP contribution in [0, 0.1) is 0 Å². The average Bonchev–Trinajstić information content (AvgIpc) is 2.95. The van der Waals surface area contributed by atoms with Crippen LogP contribution in [0.5, 0.6) is 0 Å². The Kier molecular flexibility index (Phi) is 7.05. The molecule has 150 valence electrons. The Hall–Kier alpha value is -2.31. The number of rotatable bonds is 11. The van der Waals surface area contributed by atoms with E-state index < -0.39 is 31.4 Å². The number of aliphatic hydroxyl groups excluding tert-OH is 1. The molecule has 2 aromatic rings. The lowest BCUT2D eigenvalue weighted by molar-refractivity contribution is -0.134. The van der Waals surface area contributed by atoms with Crippen molar-refractivity contribution < 1.29 is 33.7 Å². The van der Waals surface area contributed by atoms with Crippen LogP contribution in [-0.4, -0.2) is 72.7 Å². The monoisotopic (exact) mass is 405 g/mol. The van der Waals surface area contributed by atoms with Gasteiger partial charge < -0.3 is 34.7 Å². The lowest BCUT2D eigenvalue weighted by atomic mass is 10.3. The van der Waals surface area contributed by atoms with Crippen LogP contribution in [0.4, 0.5) is 5.95 Å². The third kappa shape index (κ3) is 6.12. The summed E-state index contributed by atoms with van der Waals surface area (Å²) < 4.78 is 23.0. The highest BCUT2D eigenvalue weighted by Gasteiger charge is 2.23. The van der Waals surface area contributed by atoms with Crippen LogP contribution in [-0.2, 0) is 25.2 Å². The first-order chi connectivity index (χ1) is 12.7. The highest BCUT2D eigenvalue weighted by molar-refractivity contribution is 7.53. The van der Waals surface area contributed by atoms with Gasteiger partial charge in [0.1, 0.15) is 6.16 Å². The number of aliphatic carboxylic acids is 1. The molecular weight excluding hydrogens is 385 g/mol. The Morgan fingerprint density at radius 1 is 1.44 bits per heavy atom. The van der Waals surface area contributed by atoms with Crippen molar-refractivity contribution in [3.05, 3.63) is 16.7 Å². The van der Waals surface area contributed by atoms with E-state index in [1.165, 1.54) is 10.9 Å². The number of aliphatic hydroxyl groups is 1. The van der Waals surface area contributed by atoms with E-state index in [2.05, 4.69) is 19.5 Å². The summed E-state index contributed by atoms with van der Waals surface area (Å²) in [5, 5.41) is 17.9. The maximum atomic E-state index is 11.7. The average molecular weight is 405 g/mol. The van der Waals surface area contributed by atoms with Crippen molar-refractivity contribution in [3.8, 4) is 0 Å². The van der Waals surface area contributed by atoms with E-state index in [0.717, 1.165) is 0 Å². The lowest BCUT2D eigenvalue weighted by Crippen LogP contribution is -2.25. The molecule has 2 heterocycles. The van der Waals surface area contributed by atoms with Gasteiger partial charge in [0.15, 0.2) is 11.2 Å². The Balaban J connectivity index is 1.85. The highest BCUT2D eigenvalue weighted by atomic mass is 31.2. The molecule has 2 atom stereocenters. The van der Waals surface area contributed by atoms with Gasteiger partial charge in [-0.25, -0.2) is 4.98 Å². The Morgan fingerprint density at radius 2 is 2.19 bits per heavy atom. The molecule has 13 nitrogen and oxygen atoms in total. The molecule has 27 heavy (non-hydrogen) atoms. The Labute approximate surface area is 152 Å². The van der Waals surface area contributed by atoms with E-state index >= 15 is 0 Å². The van der Waals surface area contributed by atoms with Crippen molar-refractivity contribution >= 4 is 30.7 Å². The third-order valence-electron chi connectivity index (χ3n) is 3.37. The van der Waals surface area contributed by atoms with Gasteiger partial charge in [0.25, 0.3) is 5.56 Å². The molecule has 0 spiro atoms. The Bertz CT molecular complexity index is 896. The van der Waals surface area contributed by atoms with Gasteiger partial charge in [0.2, 0.25) is 5.95 Å². The summed E-state index contributed by atoms with van der Waals surface area (Å²) in [6, 6.07) is 0. The van der Waals surface area contributed by atoms with Gasteiger partial charge in [-0.05, 0) is 6.42 Å². The summed E-state index contributed by atoms with van der Waals surface area (Å²) in [7, 11) is -4.17.